The highest BCUT2D eigenvalue weighted by molar-refractivity contribution is 8.13. The predicted molar refractivity (Wildman–Crippen MR) is 100 cm³/mol. The molecule has 136 valence electrons. The van der Waals surface area contributed by atoms with Crippen LogP contribution in [-0.2, 0) is 0 Å². The maximum atomic E-state index is 12.2. The second-order valence-corrected chi connectivity index (χ2v) is 5.97. The van der Waals surface area contributed by atoms with Gasteiger partial charge in [-0.3, -0.25) is 0 Å². The summed E-state index contributed by atoms with van der Waals surface area (Å²) >= 11 is 1.30. The van der Waals surface area contributed by atoms with Gasteiger partial charge in [-0.2, -0.15) is 5.10 Å². The normalized spacial score (nSPS) is 12.8. The minimum Gasteiger partial charge on any atom is -0.406 e. The van der Waals surface area contributed by atoms with Gasteiger partial charge in [0.15, 0.2) is 5.17 Å². The molecule has 0 heterocycles. The van der Waals surface area contributed by atoms with Crippen LogP contribution < -0.4 is 10.5 Å². The van der Waals surface area contributed by atoms with Crippen molar-refractivity contribution in [3.05, 3.63) is 71.8 Å². The Morgan fingerprint density at radius 3 is 2.54 bits per heavy atom. The van der Waals surface area contributed by atoms with Gasteiger partial charge < -0.3 is 10.5 Å². The first-order chi connectivity index (χ1) is 12.4. The summed E-state index contributed by atoms with van der Waals surface area (Å²) in [5, 5.41) is 7.82. The third-order valence-corrected chi connectivity index (χ3v) is 3.63. The Bertz CT molecular complexity index is 790. The van der Waals surface area contributed by atoms with E-state index < -0.39 is 6.36 Å². The first-order valence-electron chi connectivity index (χ1n) is 7.49. The summed E-state index contributed by atoms with van der Waals surface area (Å²) < 4.78 is 40.4. The highest BCUT2D eigenvalue weighted by Crippen LogP contribution is 2.22. The average Bonchev–Trinajstić information content (AvgIpc) is 2.58. The van der Waals surface area contributed by atoms with E-state index in [9.17, 15) is 13.2 Å². The molecule has 0 atom stereocenters. The van der Waals surface area contributed by atoms with Crippen LogP contribution in [0.1, 0.15) is 11.1 Å². The molecule has 0 aromatic heterocycles. The van der Waals surface area contributed by atoms with Gasteiger partial charge in [0.2, 0.25) is 0 Å². The van der Waals surface area contributed by atoms with E-state index in [4.69, 9.17) is 5.73 Å². The average molecular weight is 379 g/mol. The maximum Gasteiger partial charge on any atom is 0.573 e. The molecule has 2 N–H and O–H groups in total. The molecule has 26 heavy (non-hydrogen) atoms. The summed E-state index contributed by atoms with van der Waals surface area (Å²) in [5.74, 6) is 0.299. The van der Waals surface area contributed by atoms with Crippen LogP contribution in [0.2, 0.25) is 0 Å². The number of ether oxygens (including phenoxy) is 1. The van der Waals surface area contributed by atoms with Crippen LogP contribution in [0.25, 0.3) is 6.08 Å². The fraction of sp³-hybridized carbons (Fsp3) is 0.111. The minimum atomic E-state index is -4.73. The first kappa shape index (κ1) is 19.6. The van der Waals surface area contributed by atoms with E-state index in [2.05, 4.69) is 14.9 Å². The number of amidine groups is 1. The zero-order chi connectivity index (χ0) is 18.8. The summed E-state index contributed by atoms with van der Waals surface area (Å²) in [6.45, 7) is 0. The highest BCUT2D eigenvalue weighted by atomic mass is 32.2. The van der Waals surface area contributed by atoms with Gasteiger partial charge in [0.25, 0.3) is 0 Å². The summed E-state index contributed by atoms with van der Waals surface area (Å²) in [6, 6.07) is 15.2. The van der Waals surface area contributed by atoms with E-state index >= 15 is 0 Å². The lowest BCUT2D eigenvalue weighted by Gasteiger charge is -2.08. The van der Waals surface area contributed by atoms with E-state index in [-0.39, 0.29) is 10.9 Å². The van der Waals surface area contributed by atoms with Gasteiger partial charge in [-0.1, -0.05) is 66.4 Å². The Morgan fingerprint density at radius 2 is 1.81 bits per heavy atom. The number of hydrogen-bond donors (Lipinski definition) is 1. The third-order valence-electron chi connectivity index (χ3n) is 2.89. The van der Waals surface area contributed by atoms with Gasteiger partial charge in [-0.15, -0.1) is 18.3 Å². The molecule has 8 heteroatoms. The molecular formula is C18H16F3N3OS. The van der Waals surface area contributed by atoms with Crippen molar-refractivity contribution in [3.63, 3.8) is 0 Å². The van der Waals surface area contributed by atoms with Gasteiger partial charge in [0, 0.05) is 5.75 Å². The fourth-order valence-electron chi connectivity index (χ4n) is 1.86. The van der Waals surface area contributed by atoms with Gasteiger partial charge in [0.1, 0.15) is 5.75 Å². The molecule has 0 unspecified atom stereocenters. The number of hydrogen-bond acceptors (Lipinski definition) is 4. The monoisotopic (exact) mass is 379 g/mol. The molecule has 4 nitrogen and oxygen atoms in total. The summed E-state index contributed by atoms with van der Waals surface area (Å²) in [5.41, 5.74) is 7.22. The molecule has 0 aliphatic heterocycles. The summed E-state index contributed by atoms with van der Waals surface area (Å²) in [6.07, 6.45) is 0.485. The van der Waals surface area contributed by atoms with Crippen molar-refractivity contribution >= 4 is 29.2 Å². The van der Waals surface area contributed by atoms with Crippen LogP contribution >= 0.6 is 11.8 Å². The summed E-state index contributed by atoms with van der Waals surface area (Å²) in [7, 11) is 0. The van der Waals surface area contributed by atoms with Crippen LogP contribution in [0.3, 0.4) is 0 Å². The predicted octanol–water partition coefficient (Wildman–Crippen LogP) is 4.68. The van der Waals surface area contributed by atoms with Crippen LogP contribution in [0.5, 0.6) is 5.75 Å². The number of rotatable bonds is 6. The number of thioether (sulfide) groups is 1. The SMILES string of the molecule is NC(=NN=Cc1cccc(OC(F)(F)F)c1)SCC=Cc1ccccc1. The van der Waals surface area contributed by atoms with Crippen molar-refractivity contribution in [2.45, 2.75) is 6.36 Å². The number of halogens is 3. The largest absolute Gasteiger partial charge is 0.573 e. The molecule has 2 aromatic carbocycles. The molecule has 0 bridgehead atoms. The molecular weight excluding hydrogens is 363 g/mol. The van der Waals surface area contributed by atoms with Crippen LogP contribution in [0.4, 0.5) is 13.2 Å². The van der Waals surface area contributed by atoms with Crippen LogP contribution in [0, 0.1) is 0 Å². The van der Waals surface area contributed by atoms with Gasteiger partial charge in [-0.25, -0.2) is 0 Å². The molecule has 0 radical (unpaired) electrons. The van der Waals surface area contributed by atoms with Crippen LogP contribution in [-0.4, -0.2) is 23.5 Å². The molecule has 2 aromatic rings. The standard InChI is InChI=1S/C18H16F3N3OS/c19-18(20,21)25-16-10-4-8-15(12-16)13-23-24-17(22)26-11-5-9-14-6-2-1-3-7-14/h1-10,12-13H,11H2,(H2,22,24). The Kier molecular flexibility index (Phi) is 7.28. The molecule has 0 fully saturated rings. The zero-order valence-corrected chi connectivity index (χ0v) is 14.4. The van der Waals surface area contributed by atoms with Gasteiger partial charge in [-0.05, 0) is 23.3 Å². The van der Waals surface area contributed by atoms with E-state index in [1.165, 1.54) is 36.2 Å². The lowest BCUT2D eigenvalue weighted by Crippen LogP contribution is -2.17. The number of nitrogens with zero attached hydrogens (tertiary/aromatic N) is 2. The smallest absolute Gasteiger partial charge is 0.406 e. The van der Waals surface area contributed by atoms with Crippen molar-refractivity contribution in [1.82, 2.24) is 0 Å². The van der Waals surface area contributed by atoms with E-state index in [1.54, 1.807) is 6.07 Å². The fourth-order valence-corrected chi connectivity index (χ4v) is 2.32. The Morgan fingerprint density at radius 1 is 1.08 bits per heavy atom. The first-order valence-corrected chi connectivity index (χ1v) is 8.48. The number of nitrogens with two attached hydrogens (primary N) is 1. The van der Waals surface area contributed by atoms with Crippen molar-refractivity contribution in [2.75, 3.05) is 5.75 Å². The summed E-state index contributed by atoms with van der Waals surface area (Å²) in [4.78, 5) is 0. The minimum absolute atomic E-state index is 0.252. The molecule has 0 amide bonds. The molecule has 0 spiro atoms. The Balaban J connectivity index is 1.84. The third kappa shape index (κ3) is 7.89. The topological polar surface area (TPSA) is 60.0 Å². The second kappa shape index (κ2) is 9.67. The van der Waals surface area contributed by atoms with Crippen molar-refractivity contribution in [1.29, 1.82) is 0 Å². The molecule has 0 aliphatic carbocycles. The van der Waals surface area contributed by atoms with E-state index in [1.807, 2.05) is 42.5 Å². The molecule has 0 saturated heterocycles. The quantitative estimate of drug-likeness (QED) is 0.450. The van der Waals surface area contributed by atoms with Gasteiger partial charge >= 0.3 is 6.36 Å². The Hall–Kier alpha value is -2.74. The second-order valence-electron chi connectivity index (χ2n) is 4.93. The lowest BCUT2D eigenvalue weighted by molar-refractivity contribution is -0.274. The Labute approximate surface area is 153 Å². The maximum absolute atomic E-state index is 12.2. The van der Waals surface area contributed by atoms with Crippen molar-refractivity contribution < 1.29 is 17.9 Å². The molecule has 0 saturated carbocycles. The van der Waals surface area contributed by atoms with Crippen molar-refractivity contribution in [3.8, 4) is 5.75 Å². The molecule has 2 rings (SSSR count). The highest BCUT2D eigenvalue weighted by Gasteiger charge is 2.30. The lowest BCUT2D eigenvalue weighted by atomic mass is 10.2. The van der Waals surface area contributed by atoms with Crippen molar-refractivity contribution in [2.24, 2.45) is 15.9 Å². The van der Waals surface area contributed by atoms with E-state index in [0.29, 0.717) is 11.3 Å². The number of alkyl halides is 3. The number of benzene rings is 2. The zero-order valence-electron chi connectivity index (χ0n) is 13.6. The van der Waals surface area contributed by atoms with Gasteiger partial charge in [0.05, 0.1) is 6.21 Å². The van der Waals surface area contributed by atoms with E-state index in [0.717, 1.165) is 5.56 Å². The van der Waals surface area contributed by atoms with Crippen LogP contribution in [0.15, 0.2) is 70.9 Å². The molecule has 0 aliphatic rings.